The van der Waals surface area contributed by atoms with Crippen molar-refractivity contribution < 1.29 is 28.3 Å². The van der Waals surface area contributed by atoms with Gasteiger partial charge < -0.3 is 20.2 Å². The molecule has 0 bridgehead atoms. The van der Waals surface area contributed by atoms with Gasteiger partial charge in [0.05, 0.1) is 24.0 Å². The fraction of sp³-hybridized carbons (Fsp3) is 0.735. The molecule has 0 spiro atoms. The van der Waals surface area contributed by atoms with E-state index in [1.165, 1.54) is 12.1 Å². The molecule has 0 aromatic heterocycles. The second-order valence-electron chi connectivity index (χ2n) is 14.9. The number of carbonyl (C=O) groups is 3. The SMILES string of the molecule is CCNC(=O)[C@@H]1C[C@H](N(C(=O)C(C)(C)CO)C2CCC(C)(C)CC2)CN1C(=O)[C@@H]1CN(C(C)C)C[C@H]1c1ccc(F)cc1F. The highest BCUT2D eigenvalue weighted by atomic mass is 19.1. The Labute approximate surface area is 261 Å². The molecule has 3 aliphatic rings. The number of hydrogen-bond donors (Lipinski definition) is 2. The fourth-order valence-corrected chi connectivity index (χ4v) is 7.35. The van der Waals surface area contributed by atoms with Gasteiger partial charge in [-0.2, -0.15) is 0 Å². The summed E-state index contributed by atoms with van der Waals surface area (Å²) in [5.41, 5.74) is -0.543. The molecule has 246 valence electrons. The number of aliphatic hydroxyl groups is 1. The van der Waals surface area contributed by atoms with Crippen molar-refractivity contribution in [3.05, 3.63) is 35.4 Å². The molecule has 10 heteroatoms. The monoisotopic (exact) mass is 618 g/mol. The lowest BCUT2D eigenvalue weighted by Gasteiger charge is -2.45. The number of likely N-dealkylation sites (tertiary alicyclic amines) is 2. The molecule has 1 aromatic rings. The van der Waals surface area contributed by atoms with Crippen LogP contribution in [0.4, 0.5) is 8.78 Å². The van der Waals surface area contributed by atoms with E-state index in [1.54, 1.807) is 18.7 Å². The van der Waals surface area contributed by atoms with E-state index in [2.05, 4.69) is 24.1 Å². The van der Waals surface area contributed by atoms with Crippen LogP contribution in [0.1, 0.15) is 92.1 Å². The molecule has 1 aromatic carbocycles. The largest absolute Gasteiger partial charge is 0.395 e. The lowest BCUT2D eigenvalue weighted by atomic mass is 9.74. The fourth-order valence-electron chi connectivity index (χ4n) is 7.35. The van der Waals surface area contributed by atoms with Gasteiger partial charge >= 0.3 is 0 Å². The zero-order valence-corrected chi connectivity index (χ0v) is 27.5. The highest BCUT2D eigenvalue weighted by Gasteiger charge is 2.51. The van der Waals surface area contributed by atoms with Crippen LogP contribution in [0.15, 0.2) is 18.2 Å². The van der Waals surface area contributed by atoms with Gasteiger partial charge in [-0.05, 0) is 83.8 Å². The predicted octanol–water partition coefficient (Wildman–Crippen LogP) is 4.31. The first-order chi connectivity index (χ1) is 20.6. The topological polar surface area (TPSA) is 93.2 Å². The number of hydrogen-bond acceptors (Lipinski definition) is 5. The summed E-state index contributed by atoms with van der Waals surface area (Å²) < 4.78 is 28.9. The predicted molar refractivity (Wildman–Crippen MR) is 166 cm³/mol. The van der Waals surface area contributed by atoms with E-state index in [9.17, 15) is 23.9 Å². The van der Waals surface area contributed by atoms with Crippen molar-refractivity contribution >= 4 is 17.7 Å². The maximum atomic E-state index is 15.1. The number of nitrogens with one attached hydrogen (secondary N) is 1. The minimum Gasteiger partial charge on any atom is -0.395 e. The molecule has 0 unspecified atom stereocenters. The van der Waals surface area contributed by atoms with Crippen LogP contribution in [0.3, 0.4) is 0 Å². The second-order valence-corrected chi connectivity index (χ2v) is 14.9. The van der Waals surface area contributed by atoms with Gasteiger partial charge in [-0.15, -0.1) is 0 Å². The van der Waals surface area contributed by atoms with Crippen LogP contribution in [0, 0.1) is 28.4 Å². The summed E-state index contributed by atoms with van der Waals surface area (Å²) in [6.45, 7) is 14.9. The third-order valence-corrected chi connectivity index (χ3v) is 10.3. The number of carbonyl (C=O) groups excluding carboxylic acids is 3. The average molecular weight is 619 g/mol. The van der Waals surface area contributed by atoms with Gasteiger partial charge in [0.15, 0.2) is 0 Å². The Balaban J connectivity index is 1.70. The van der Waals surface area contributed by atoms with Gasteiger partial charge in [0, 0.05) is 50.2 Å². The number of aliphatic hydroxyl groups excluding tert-OH is 1. The highest BCUT2D eigenvalue weighted by molar-refractivity contribution is 5.90. The summed E-state index contributed by atoms with van der Waals surface area (Å²) >= 11 is 0. The molecule has 2 N–H and O–H groups in total. The van der Waals surface area contributed by atoms with Crippen LogP contribution in [0.25, 0.3) is 0 Å². The lowest BCUT2D eigenvalue weighted by molar-refractivity contribution is -0.149. The Morgan fingerprint density at radius 2 is 1.75 bits per heavy atom. The van der Waals surface area contributed by atoms with Crippen LogP contribution >= 0.6 is 0 Å². The molecule has 0 radical (unpaired) electrons. The van der Waals surface area contributed by atoms with E-state index in [0.717, 1.165) is 31.7 Å². The van der Waals surface area contributed by atoms with Crippen molar-refractivity contribution in [3.8, 4) is 0 Å². The molecule has 4 rings (SSSR count). The van der Waals surface area contributed by atoms with Crippen LogP contribution in [0.5, 0.6) is 0 Å². The zero-order chi connectivity index (χ0) is 32.6. The van der Waals surface area contributed by atoms with Crippen LogP contribution in [0.2, 0.25) is 0 Å². The van der Waals surface area contributed by atoms with E-state index >= 15 is 4.39 Å². The van der Waals surface area contributed by atoms with Gasteiger partial charge in [0.1, 0.15) is 17.7 Å². The van der Waals surface area contributed by atoms with Crippen molar-refractivity contribution in [1.82, 2.24) is 20.0 Å². The Kier molecular flexibility index (Phi) is 10.5. The Hall–Kier alpha value is -2.59. The number of rotatable bonds is 9. The summed E-state index contributed by atoms with van der Waals surface area (Å²) in [4.78, 5) is 47.7. The van der Waals surface area contributed by atoms with Crippen LogP contribution in [-0.2, 0) is 14.4 Å². The Morgan fingerprint density at radius 3 is 2.32 bits per heavy atom. The summed E-state index contributed by atoms with van der Waals surface area (Å²) in [7, 11) is 0. The van der Waals surface area contributed by atoms with E-state index in [1.807, 2.05) is 25.7 Å². The normalized spacial score (nSPS) is 26.3. The summed E-state index contributed by atoms with van der Waals surface area (Å²) in [5.74, 6) is -3.19. The van der Waals surface area contributed by atoms with Gasteiger partial charge in [-0.3, -0.25) is 19.3 Å². The highest BCUT2D eigenvalue weighted by Crippen LogP contribution is 2.42. The summed E-state index contributed by atoms with van der Waals surface area (Å²) in [6.07, 6.45) is 3.83. The quantitative estimate of drug-likeness (QED) is 0.431. The van der Waals surface area contributed by atoms with E-state index in [-0.39, 0.29) is 48.4 Å². The molecular weight excluding hydrogens is 566 g/mol. The van der Waals surface area contributed by atoms with E-state index in [0.29, 0.717) is 31.6 Å². The lowest BCUT2D eigenvalue weighted by Crippen LogP contribution is -2.55. The smallest absolute Gasteiger partial charge is 0.242 e. The molecule has 1 saturated carbocycles. The molecule has 3 fully saturated rings. The number of benzene rings is 1. The number of nitrogens with zero attached hydrogens (tertiary/aromatic N) is 3. The average Bonchev–Trinajstić information content (AvgIpc) is 3.60. The molecule has 2 aliphatic heterocycles. The standard InChI is InChI=1S/C34H52F2N4O4/c1-8-37-30(42)29-16-24(40(32(44)34(6,7)20-41)23-11-13-33(4,5)14-12-23)17-39(29)31(43)27-19-38(21(2)3)18-26(27)25-10-9-22(35)15-28(25)36/h9-10,15,21,23-24,26-27,29,41H,8,11-14,16-20H2,1-7H3,(H,37,42)/t24-,26-,27+,29-/m0/s1. The summed E-state index contributed by atoms with van der Waals surface area (Å²) in [5, 5.41) is 13.0. The van der Waals surface area contributed by atoms with Gasteiger partial charge in [0.25, 0.3) is 0 Å². The first kappa shape index (κ1) is 34.3. The maximum Gasteiger partial charge on any atom is 0.242 e. The molecular formula is C34H52F2N4O4. The minimum atomic E-state index is -1.01. The number of likely N-dealkylation sites (N-methyl/N-ethyl adjacent to an activating group) is 1. The molecule has 8 nitrogen and oxygen atoms in total. The molecule has 2 saturated heterocycles. The number of halogens is 2. The van der Waals surface area contributed by atoms with Crippen LogP contribution < -0.4 is 5.32 Å². The van der Waals surface area contributed by atoms with Gasteiger partial charge in [0.2, 0.25) is 17.7 Å². The first-order valence-corrected chi connectivity index (χ1v) is 16.3. The Bertz CT molecular complexity index is 1210. The number of amides is 3. The first-order valence-electron chi connectivity index (χ1n) is 16.3. The van der Waals surface area contributed by atoms with Crippen molar-refractivity contribution in [2.75, 3.05) is 32.8 Å². The van der Waals surface area contributed by atoms with E-state index < -0.39 is 41.0 Å². The second kappa shape index (κ2) is 13.4. The molecule has 44 heavy (non-hydrogen) atoms. The van der Waals surface area contributed by atoms with Gasteiger partial charge in [-0.1, -0.05) is 19.9 Å². The zero-order valence-electron chi connectivity index (χ0n) is 27.5. The van der Waals surface area contributed by atoms with Crippen molar-refractivity contribution in [1.29, 1.82) is 0 Å². The molecule has 2 heterocycles. The third kappa shape index (κ3) is 7.11. The van der Waals surface area contributed by atoms with Crippen molar-refractivity contribution in [3.63, 3.8) is 0 Å². The minimum absolute atomic E-state index is 0.0553. The van der Waals surface area contributed by atoms with Crippen molar-refractivity contribution in [2.24, 2.45) is 16.7 Å². The van der Waals surface area contributed by atoms with Crippen molar-refractivity contribution in [2.45, 2.75) is 111 Å². The summed E-state index contributed by atoms with van der Waals surface area (Å²) in [6, 6.07) is 2.37. The molecule has 4 atom stereocenters. The molecule has 3 amide bonds. The molecule has 1 aliphatic carbocycles. The maximum absolute atomic E-state index is 15.1. The van der Waals surface area contributed by atoms with Gasteiger partial charge in [-0.25, -0.2) is 8.78 Å². The third-order valence-electron chi connectivity index (χ3n) is 10.3. The van der Waals surface area contributed by atoms with E-state index in [4.69, 9.17) is 0 Å². The van der Waals surface area contributed by atoms with Crippen LogP contribution in [-0.4, -0.2) is 94.5 Å². The Morgan fingerprint density at radius 1 is 1.09 bits per heavy atom.